The van der Waals surface area contributed by atoms with E-state index in [-0.39, 0.29) is 18.9 Å². The van der Waals surface area contributed by atoms with Gasteiger partial charge in [-0.2, -0.15) is 0 Å². The van der Waals surface area contributed by atoms with Crippen LogP contribution in [0.5, 0.6) is 0 Å². The lowest BCUT2D eigenvalue weighted by Crippen LogP contribution is -2.26. The Hall–Kier alpha value is -3.19. The molecule has 29 heavy (non-hydrogen) atoms. The van der Waals surface area contributed by atoms with E-state index in [1.165, 1.54) is 0 Å². The molecule has 0 fully saturated rings. The first-order valence-electron chi connectivity index (χ1n) is 9.41. The Morgan fingerprint density at radius 2 is 1.83 bits per heavy atom. The van der Waals surface area contributed by atoms with E-state index < -0.39 is 5.97 Å². The van der Waals surface area contributed by atoms with E-state index in [0.717, 1.165) is 28.5 Å². The molecule has 1 heterocycles. The smallest absolute Gasteiger partial charge is 0.305 e. The van der Waals surface area contributed by atoms with Gasteiger partial charge < -0.3 is 15.3 Å². The average molecular weight is 410 g/mol. The van der Waals surface area contributed by atoms with Crippen molar-refractivity contribution in [3.05, 3.63) is 71.1 Å². The molecule has 1 amide bonds. The Morgan fingerprint density at radius 1 is 1.10 bits per heavy atom. The lowest BCUT2D eigenvalue weighted by Gasteiger charge is -2.20. The largest absolute Gasteiger partial charge is 0.481 e. The molecule has 0 aliphatic heterocycles. The number of amides is 1. The van der Waals surface area contributed by atoms with Crippen molar-refractivity contribution in [1.29, 1.82) is 0 Å². The summed E-state index contributed by atoms with van der Waals surface area (Å²) in [5.74, 6) is -1.20. The van der Waals surface area contributed by atoms with Crippen LogP contribution < -0.4 is 10.2 Å². The third-order valence-electron chi connectivity index (χ3n) is 4.43. The van der Waals surface area contributed by atoms with Gasteiger partial charge in [-0.15, -0.1) is 11.3 Å². The minimum absolute atomic E-state index is 0.0892. The molecule has 150 valence electrons. The first-order chi connectivity index (χ1) is 14.1. The van der Waals surface area contributed by atoms with Crippen molar-refractivity contribution < 1.29 is 14.7 Å². The molecule has 7 heteroatoms. The van der Waals surface area contributed by atoms with Crippen molar-refractivity contribution in [2.24, 2.45) is 0 Å². The number of aliphatic carboxylic acids is 1. The van der Waals surface area contributed by atoms with E-state index in [1.807, 2.05) is 30.3 Å². The minimum atomic E-state index is -0.932. The van der Waals surface area contributed by atoms with Gasteiger partial charge in [0.25, 0.3) is 5.91 Å². The molecule has 1 aromatic heterocycles. The van der Waals surface area contributed by atoms with Crippen molar-refractivity contribution >= 4 is 28.3 Å². The van der Waals surface area contributed by atoms with Crippen molar-refractivity contribution in [3.8, 4) is 11.3 Å². The van der Waals surface area contributed by atoms with Gasteiger partial charge in [0.05, 0.1) is 12.1 Å². The van der Waals surface area contributed by atoms with E-state index in [4.69, 9.17) is 10.1 Å². The second-order valence-corrected chi connectivity index (χ2v) is 7.33. The maximum absolute atomic E-state index is 12.1. The number of benzene rings is 2. The fourth-order valence-electron chi connectivity index (χ4n) is 2.83. The van der Waals surface area contributed by atoms with Crippen LogP contribution >= 0.6 is 11.3 Å². The zero-order valence-electron chi connectivity index (χ0n) is 16.2. The zero-order valence-corrected chi connectivity index (χ0v) is 17.0. The van der Waals surface area contributed by atoms with Crippen molar-refractivity contribution in [2.45, 2.75) is 19.9 Å². The molecule has 0 radical (unpaired) electrons. The first kappa shape index (κ1) is 20.5. The second kappa shape index (κ2) is 9.84. The Morgan fingerprint density at radius 3 is 2.48 bits per heavy atom. The minimum Gasteiger partial charge on any atom is -0.481 e. The second-order valence-electron chi connectivity index (χ2n) is 6.49. The molecular weight excluding hydrogens is 386 g/mol. The molecule has 0 saturated carbocycles. The molecule has 0 saturated heterocycles. The fourth-order valence-corrected chi connectivity index (χ4v) is 3.73. The number of hydrogen-bond donors (Lipinski definition) is 2. The topological polar surface area (TPSA) is 82.5 Å². The molecule has 2 N–H and O–H groups in total. The number of carbonyl (C=O) groups is 2. The Kier molecular flexibility index (Phi) is 6.97. The Bertz CT molecular complexity index is 955. The van der Waals surface area contributed by atoms with Gasteiger partial charge in [0.1, 0.15) is 0 Å². The van der Waals surface area contributed by atoms with Crippen LogP contribution in [0.4, 0.5) is 5.13 Å². The summed E-state index contributed by atoms with van der Waals surface area (Å²) in [5, 5.41) is 14.3. The molecule has 0 aliphatic rings. The first-order valence-corrected chi connectivity index (χ1v) is 10.3. The molecule has 0 atom stereocenters. The number of thiazole rings is 1. The summed E-state index contributed by atoms with van der Waals surface area (Å²) < 4.78 is 0. The number of hydrogen-bond acceptors (Lipinski definition) is 5. The van der Waals surface area contributed by atoms with Crippen molar-refractivity contribution in [2.75, 3.05) is 18.0 Å². The highest BCUT2D eigenvalue weighted by Crippen LogP contribution is 2.28. The molecule has 2 aromatic carbocycles. The zero-order chi connectivity index (χ0) is 20.6. The van der Waals surface area contributed by atoms with Gasteiger partial charge in [0.2, 0.25) is 0 Å². The lowest BCUT2D eigenvalue weighted by molar-refractivity contribution is -0.136. The Labute approximate surface area is 173 Å². The molecular formula is C22H23N3O3S. The molecule has 0 bridgehead atoms. The highest BCUT2D eigenvalue weighted by atomic mass is 32.1. The fraction of sp³-hybridized carbons (Fsp3) is 0.227. The van der Waals surface area contributed by atoms with E-state index in [0.29, 0.717) is 12.1 Å². The molecule has 0 unspecified atom stereocenters. The molecule has 3 rings (SSSR count). The average Bonchev–Trinajstić information content (AvgIpc) is 3.23. The van der Waals surface area contributed by atoms with Gasteiger partial charge in [-0.3, -0.25) is 9.59 Å². The third kappa shape index (κ3) is 5.65. The van der Waals surface area contributed by atoms with E-state index in [9.17, 15) is 9.59 Å². The van der Waals surface area contributed by atoms with Crippen LogP contribution in [0.2, 0.25) is 0 Å². The van der Waals surface area contributed by atoms with Gasteiger partial charge in [0.15, 0.2) is 5.13 Å². The highest BCUT2D eigenvalue weighted by Gasteiger charge is 2.12. The standard InChI is InChI=1S/C22H23N3O3S/c1-2-25(22-24-19(15-29-22)17-6-4-3-5-7-17)14-16-8-10-18(11-9-16)21(28)23-13-12-20(26)27/h3-11,15H,2,12-14H2,1H3,(H,23,28)(H,26,27). The summed E-state index contributed by atoms with van der Waals surface area (Å²) in [7, 11) is 0. The summed E-state index contributed by atoms with van der Waals surface area (Å²) in [5.41, 5.74) is 3.66. The maximum atomic E-state index is 12.1. The molecule has 0 spiro atoms. The van der Waals surface area contributed by atoms with Gasteiger partial charge in [0, 0.05) is 36.1 Å². The number of carbonyl (C=O) groups excluding carboxylic acids is 1. The number of anilines is 1. The predicted octanol–water partition coefficient (Wildman–Crippen LogP) is 4.04. The maximum Gasteiger partial charge on any atom is 0.305 e. The monoisotopic (exact) mass is 409 g/mol. The van der Waals surface area contributed by atoms with E-state index in [2.05, 4.69) is 34.7 Å². The summed E-state index contributed by atoms with van der Waals surface area (Å²) >= 11 is 1.62. The van der Waals surface area contributed by atoms with Crippen LogP contribution in [0.3, 0.4) is 0 Å². The van der Waals surface area contributed by atoms with E-state index >= 15 is 0 Å². The normalized spacial score (nSPS) is 10.5. The number of aromatic nitrogens is 1. The van der Waals surface area contributed by atoms with Crippen LogP contribution in [0.1, 0.15) is 29.3 Å². The SMILES string of the molecule is CCN(Cc1ccc(C(=O)NCCC(=O)O)cc1)c1nc(-c2ccccc2)cs1. The summed E-state index contributed by atoms with van der Waals surface area (Å²) in [6.45, 7) is 3.72. The van der Waals surface area contributed by atoms with Gasteiger partial charge in [-0.25, -0.2) is 4.98 Å². The quantitative estimate of drug-likeness (QED) is 0.557. The summed E-state index contributed by atoms with van der Waals surface area (Å²) in [6.07, 6.45) is -0.0892. The summed E-state index contributed by atoms with van der Waals surface area (Å²) in [6, 6.07) is 17.5. The van der Waals surface area contributed by atoms with Crippen LogP contribution in [0.25, 0.3) is 11.3 Å². The summed E-state index contributed by atoms with van der Waals surface area (Å²) in [4.78, 5) is 29.6. The van der Waals surface area contributed by atoms with Crippen molar-refractivity contribution in [1.82, 2.24) is 10.3 Å². The molecule has 0 aliphatic carbocycles. The predicted molar refractivity (Wildman–Crippen MR) is 115 cm³/mol. The van der Waals surface area contributed by atoms with Crippen LogP contribution in [-0.2, 0) is 11.3 Å². The highest BCUT2D eigenvalue weighted by molar-refractivity contribution is 7.14. The lowest BCUT2D eigenvalue weighted by atomic mass is 10.1. The Balaban J connectivity index is 1.63. The molecule has 3 aromatic rings. The van der Waals surface area contributed by atoms with Gasteiger partial charge in [-0.1, -0.05) is 42.5 Å². The third-order valence-corrected chi connectivity index (χ3v) is 5.33. The van der Waals surface area contributed by atoms with E-state index in [1.54, 1.807) is 23.5 Å². The number of nitrogens with one attached hydrogen (secondary N) is 1. The van der Waals surface area contributed by atoms with Crippen LogP contribution in [0.15, 0.2) is 60.0 Å². The number of carboxylic acid groups (broad SMARTS) is 1. The van der Waals surface area contributed by atoms with Gasteiger partial charge in [-0.05, 0) is 24.6 Å². The van der Waals surface area contributed by atoms with Crippen molar-refractivity contribution in [3.63, 3.8) is 0 Å². The number of nitrogens with zero attached hydrogens (tertiary/aromatic N) is 2. The number of carboxylic acids is 1. The van der Waals surface area contributed by atoms with Gasteiger partial charge >= 0.3 is 5.97 Å². The molecule has 6 nitrogen and oxygen atoms in total. The number of rotatable bonds is 9. The van der Waals surface area contributed by atoms with Crippen LogP contribution in [-0.4, -0.2) is 35.1 Å². The van der Waals surface area contributed by atoms with Crippen LogP contribution in [0, 0.1) is 0 Å².